The van der Waals surface area contributed by atoms with Crippen LogP contribution >= 0.6 is 0 Å². The number of carbonyl (C=O) groups is 1. The second-order valence-corrected chi connectivity index (χ2v) is 5.87. The Labute approximate surface area is 142 Å². The maximum absolute atomic E-state index is 12.3. The van der Waals surface area contributed by atoms with E-state index in [4.69, 9.17) is 0 Å². The van der Waals surface area contributed by atoms with Gasteiger partial charge in [0, 0.05) is 17.3 Å². The van der Waals surface area contributed by atoms with E-state index in [1.165, 1.54) is 12.8 Å². The number of hydrogen-bond donors (Lipinski definition) is 1. The van der Waals surface area contributed by atoms with Crippen LogP contribution in [0.4, 0.5) is 5.69 Å². The zero-order chi connectivity index (χ0) is 16.8. The minimum absolute atomic E-state index is 0.167. The first-order valence-corrected chi connectivity index (χ1v) is 8.37. The molecule has 0 bridgehead atoms. The second-order valence-electron chi connectivity index (χ2n) is 5.87. The maximum Gasteiger partial charge on any atom is 0.257 e. The molecule has 1 amide bonds. The standard InChI is InChI=1S/C20H21N3O/c1-2-3-4-8-17-11-10-16(13-21-17)20(24)23-18-12-15-7-5-6-9-19(15)22-14-18/h5-7,9-14H,2-4,8H2,1H3,(H,23,24). The smallest absolute Gasteiger partial charge is 0.257 e. The highest BCUT2D eigenvalue weighted by molar-refractivity contribution is 6.04. The van der Waals surface area contributed by atoms with Gasteiger partial charge in [0.15, 0.2) is 0 Å². The predicted molar refractivity (Wildman–Crippen MR) is 97.2 cm³/mol. The third-order valence-electron chi connectivity index (χ3n) is 3.97. The van der Waals surface area contributed by atoms with Gasteiger partial charge in [0.2, 0.25) is 0 Å². The molecule has 4 heteroatoms. The lowest BCUT2D eigenvalue weighted by Gasteiger charge is -2.07. The topological polar surface area (TPSA) is 54.9 Å². The molecule has 0 atom stereocenters. The van der Waals surface area contributed by atoms with Gasteiger partial charge in [0.1, 0.15) is 0 Å². The molecule has 4 nitrogen and oxygen atoms in total. The molecule has 2 aromatic heterocycles. The maximum atomic E-state index is 12.3. The van der Waals surface area contributed by atoms with Gasteiger partial charge in [-0.1, -0.05) is 38.0 Å². The van der Waals surface area contributed by atoms with Gasteiger partial charge >= 0.3 is 0 Å². The summed E-state index contributed by atoms with van der Waals surface area (Å²) in [5, 5.41) is 3.88. The van der Waals surface area contributed by atoms with Crippen molar-refractivity contribution in [2.24, 2.45) is 0 Å². The van der Waals surface area contributed by atoms with Crippen molar-refractivity contribution in [1.82, 2.24) is 9.97 Å². The molecule has 0 aliphatic carbocycles. The van der Waals surface area contributed by atoms with Gasteiger partial charge in [-0.15, -0.1) is 0 Å². The third-order valence-corrected chi connectivity index (χ3v) is 3.97. The lowest BCUT2D eigenvalue weighted by molar-refractivity contribution is 0.102. The zero-order valence-corrected chi connectivity index (χ0v) is 13.8. The molecule has 0 saturated carbocycles. The average molecular weight is 319 g/mol. The average Bonchev–Trinajstić information content (AvgIpc) is 2.62. The fraction of sp³-hybridized carbons (Fsp3) is 0.250. The number of benzene rings is 1. The van der Waals surface area contributed by atoms with E-state index >= 15 is 0 Å². The minimum Gasteiger partial charge on any atom is -0.321 e. The van der Waals surface area contributed by atoms with Crippen molar-refractivity contribution < 1.29 is 4.79 Å². The highest BCUT2D eigenvalue weighted by Crippen LogP contribution is 2.17. The molecule has 0 fully saturated rings. The first-order chi connectivity index (χ1) is 11.8. The van der Waals surface area contributed by atoms with Gasteiger partial charge in [-0.25, -0.2) is 0 Å². The van der Waals surface area contributed by atoms with E-state index in [2.05, 4.69) is 22.2 Å². The summed E-state index contributed by atoms with van der Waals surface area (Å²) in [6.45, 7) is 2.18. The van der Waals surface area contributed by atoms with Crippen molar-refractivity contribution in [2.45, 2.75) is 32.6 Å². The van der Waals surface area contributed by atoms with E-state index < -0.39 is 0 Å². The Morgan fingerprint density at radius 2 is 1.92 bits per heavy atom. The van der Waals surface area contributed by atoms with Crippen LogP contribution in [0.25, 0.3) is 10.9 Å². The number of aromatic nitrogens is 2. The molecule has 0 spiro atoms. The molecule has 0 aliphatic rings. The number of nitrogens with zero attached hydrogens (tertiary/aromatic N) is 2. The van der Waals surface area contributed by atoms with Gasteiger partial charge in [-0.2, -0.15) is 0 Å². The number of para-hydroxylation sites is 1. The van der Waals surface area contributed by atoms with Crippen LogP contribution < -0.4 is 5.32 Å². The van der Waals surface area contributed by atoms with Crippen molar-refractivity contribution in [3.8, 4) is 0 Å². The summed E-state index contributed by atoms with van der Waals surface area (Å²) in [7, 11) is 0. The van der Waals surface area contributed by atoms with Gasteiger partial charge in [0.25, 0.3) is 5.91 Å². The fourth-order valence-corrected chi connectivity index (χ4v) is 2.61. The fourth-order valence-electron chi connectivity index (χ4n) is 2.61. The van der Waals surface area contributed by atoms with Crippen molar-refractivity contribution in [3.05, 3.63) is 66.1 Å². The van der Waals surface area contributed by atoms with Crippen LogP contribution in [-0.4, -0.2) is 15.9 Å². The Bertz CT molecular complexity index is 828. The number of nitrogens with one attached hydrogen (secondary N) is 1. The van der Waals surface area contributed by atoms with Crippen molar-refractivity contribution >= 4 is 22.5 Å². The number of amides is 1. The van der Waals surface area contributed by atoms with Crippen LogP contribution in [0.15, 0.2) is 54.9 Å². The van der Waals surface area contributed by atoms with E-state index in [9.17, 15) is 4.79 Å². The number of hydrogen-bond acceptors (Lipinski definition) is 3. The summed E-state index contributed by atoms with van der Waals surface area (Å²) < 4.78 is 0. The summed E-state index contributed by atoms with van der Waals surface area (Å²) in [6, 6.07) is 13.5. The Kier molecular flexibility index (Phi) is 5.16. The van der Waals surface area contributed by atoms with Gasteiger partial charge in [0.05, 0.1) is 23.0 Å². The molecule has 24 heavy (non-hydrogen) atoms. The van der Waals surface area contributed by atoms with Crippen LogP contribution in [0.2, 0.25) is 0 Å². The molecule has 3 aromatic rings. The minimum atomic E-state index is -0.167. The molecule has 1 aromatic carbocycles. The summed E-state index contributed by atoms with van der Waals surface area (Å²) in [4.78, 5) is 21.1. The summed E-state index contributed by atoms with van der Waals surface area (Å²) >= 11 is 0. The summed E-state index contributed by atoms with van der Waals surface area (Å²) in [5.41, 5.74) is 3.19. The number of rotatable bonds is 6. The quantitative estimate of drug-likeness (QED) is 0.675. The number of fused-ring (bicyclic) bond motifs is 1. The van der Waals surface area contributed by atoms with Crippen molar-refractivity contribution in [2.75, 3.05) is 5.32 Å². The molecule has 0 aliphatic heterocycles. The lowest BCUT2D eigenvalue weighted by atomic mass is 10.1. The van der Waals surface area contributed by atoms with Crippen LogP contribution in [0.1, 0.15) is 42.2 Å². The first kappa shape index (κ1) is 16.1. The SMILES string of the molecule is CCCCCc1ccc(C(=O)Nc2cnc3ccccc3c2)cn1. The molecular weight excluding hydrogens is 298 g/mol. The largest absolute Gasteiger partial charge is 0.321 e. The lowest BCUT2D eigenvalue weighted by Crippen LogP contribution is -2.12. The second kappa shape index (κ2) is 7.68. The van der Waals surface area contributed by atoms with E-state index in [-0.39, 0.29) is 5.91 Å². The number of unbranched alkanes of at least 4 members (excludes halogenated alkanes) is 2. The van der Waals surface area contributed by atoms with Gasteiger partial charge in [-0.05, 0) is 37.1 Å². The summed E-state index contributed by atoms with van der Waals surface area (Å²) in [5.74, 6) is -0.167. The van der Waals surface area contributed by atoms with Crippen molar-refractivity contribution in [3.63, 3.8) is 0 Å². The molecule has 1 N–H and O–H groups in total. The highest BCUT2D eigenvalue weighted by Gasteiger charge is 2.07. The Hall–Kier alpha value is -2.75. The van der Waals surface area contributed by atoms with E-state index in [1.54, 1.807) is 12.4 Å². The number of pyridine rings is 2. The van der Waals surface area contributed by atoms with Crippen LogP contribution in [0, 0.1) is 0 Å². The Morgan fingerprint density at radius 3 is 2.71 bits per heavy atom. The van der Waals surface area contributed by atoms with E-state index in [1.807, 2.05) is 42.5 Å². The molecule has 0 radical (unpaired) electrons. The summed E-state index contributed by atoms with van der Waals surface area (Å²) in [6.07, 6.45) is 7.82. The zero-order valence-electron chi connectivity index (χ0n) is 13.8. The van der Waals surface area contributed by atoms with Crippen LogP contribution in [0.5, 0.6) is 0 Å². The van der Waals surface area contributed by atoms with Crippen molar-refractivity contribution in [1.29, 1.82) is 0 Å². The highest BCUT2D eigenvalue weighted by atomic mass is 16.1. The molecule has 122 valence electrons. The van der Waals surface area contributed by atoms with Gasteiger partial charge in [-0.3, -0.25) is 14.8 Å². The van der Waals surface area contributed by atoms with Gasteiger partial charge < -0.3 is 5.32 Å². The van der Waals surface area contributed by atoms with E-state index in [0.29, 0.717) is 11.3 Å². The monoisotopic (exact) mass is 319 g/mol. The third kappa shape index (κ3) is 3.96. The molecule has 3 rings (SSSR count). The Balaban J connectivity index is 1.67. The molecule has 2 heterocycles. The predicted octanol–water partition coefficient (Wildman–Crippen LogP) is 4.61. The van der Waals surface area contributed by atoms with Crippen LogP contribution in [0.3, 0.4) is 0 Å². The van der Waals surface area contributed by atoms with E-state index in [0.717, 1.165) is 29.4 Å². The normalized spacial score (nSPS) is 10.7. The Morgan fingerprint density at radius 1 is 1.04 bits per heavy atom. The molecule has 0 unspecified atom stereocenters. The first-order valence-electron chi connectivity index (χ1n) is 8.37. The van der Waals surface area contributed by atoms with Crippen LogP contribution in [-0.2, 0) is 6.42 Å². The number of carbonyl (C=O) groups excluding carboxylic acids is 1. The molecular formula is C20H21N3O. The number of aryl methyl sites for hydroxylation is 1. The number of anilines is 1. The molecule has 0 saturated heterocycles.